The molecule has 3 aromatic rings. The smallest absolute Gasteiger partial charge is 0.256 e. The van der Waals surface area contributed by atoms with Gasteiger partial charge in [0.15, 0.2) is 23.1 Å². The van der Waals surface area contributed by atoms with E-state index in [2.05, 4.69) is 15.6 Å². The van der Waals surface area contributed by atoms with Gasteiger partial charge in [-0.1, -0.05) is 11.3 Å². The zero-order valence-corrected chi connectivity index (χ0v) is 20.1. The first-order valence-electron chi connectivity index (χ1n) is 11.0. The number of carbonyl (C=O) groups excluding carboxylic acids is 1. The van der Waals surface area contributed by atoms with Crippen molar-refractivity contribution < 1.29 is 28.5 Å². The van der Waals surface area contributed by atoms with Gasteiger partial charge in [-0.05, 0) is 29.9 Å². The molecule has 4 rings (SSSR count). The highest BCUT2D eigenvalue weighted by atomic mass is 32.1. The van der Waals surface area contributed by atoms with Gasteiger partial charge in [-0.15, -0.1) is 5.10 Å². The van der Waals surface area contributed by atoms with Gasteiger partial charge in [-0.3, -0.25) is 4.79 Å². The fourth-order valence-electron chi connectivity index (χ4n) is 3.87. The van der Waals surface area contributed by atoms with Crippen molar-refractivity contribution in [1.82, 2.24) is 25.2 Å². The first kappa shape index (κ1) is 25.1. The third-order valence-electron chi connectivity index (χ3n) is 5.75. The Hall–Kier alpha value is -4.00. The van der Waals surface area contributed by atoms with Crippen molar-refractivity contribution in [2.75, 3.05) is 38.2 Å². The molecular formula is C23H24F2N6O4S. The number of aromatic nitrogens is 3. The minimum Gasteiger partial charge on any atom is -0.504 e. The number of nitrogens with zero attached hydrogens (tertiary/aromatic N) is 5. The highest BCUT2D eigenvalue weighted by Gasteiger charge is 2.26. The molecule has 36 heavy (non-hydrogen) atoms. The number of carbonyl (C=O) groups is 1. The number of piperazine rings is 1. The molecule has 1 fully saturated rings. The van der Waals surface area contributed by atoms with Crippen LogP contribution in [0.5, 0.6) is 11.5 Å². The van der Waals surface area contributed by atoms with E-state index in [4.69, 9.17) is 17.0 Å². The summed E-state index contributed by atoms with van der Waals surface area (Å²) in [6.45, 7) is 1.31. The van der Waals surface area contributed by atoms with Gasteiger partial charge >= 0.3 is 0 Å². The number of phenols is 2. The Balaban J connectivity index is 1.39. The molecule has 0 bridgehead atoms. The van der Waals surface area contributed by atoms with Gasteiger partial charge < -0.3 is 30.1 Å². The van der Waals surface area contributed by atoms with E-state index in [0.29, 0.717) is 11.3 Å². The van der Waals surface area contributed by atoms with Crippen LogP contribution in [0.2, 0.25) is 0 Å². The third-order valence-corrected chi connectivity index (χ3v) is 6.06. The topological polar surface area (TPSA) is 116 Å². The monoisotopic (exact) mass is 518 g/mol. The first-order chi connectivity index (χ1) is 17.2. The molecule has 13 heteroatoms. The van der Waals surface area contributed by atoms with Crippen LogP contribution in [0, 0.1) is 11.6 Å². The highest BCUT2D eigenvalue weighted by Crippen LogP contribution is 2.28. The molecule has 0 saturated carbocycles. The molecule has 1 amide bonds. The second-order valence-electron chi connectivity index (χ2n) is 8.13. The molecule has 2 heterocycles. The summed E-state index contributed by atoms with van der Waals surface area (Å²) < 4.78 is 36.1. The Bertz CT molecular complexity index is 1260. The van der Waals surface area contributed by atoms with Gasteiger partial charge in [0.25, 0.3) is 5.17 Å². The van der Waals surface area contributed by atoms with Crippen LogP contribution in [-0.2, 0) is 22.5 Å². The molecule has 0 atom stereocenters. The summed E-state index contributed by atoms with van der Waals surface area (Å²) in [6, 6.07) is 6.56. The molecule has 1 saturated heterocycles. The lowest BCUT2D eigenvalue weighted by Crippen LogP contribution is -2.49. The summed E-state index contributed by atoms with van der Waals surface area (Å²) in [4.78, 5) is 15.8. The number of hydrogen-bond donors (Lipinski definition) is 3. The maximum absolute atomic E-state index is 15.0. The lowest BCUT2D eigenvalue weighted by Gasteiger charge is -2.36. The number of anilines is 1. The molecule has 1 aliphatic rings. The number of thiocarbonyl (C=S) groups is 1. The summed E-state index contributed by atoms with van der Waals surface area (Å²) in [5, 5.41) is 29.9. The third kappa shape index (κ3) is 5.62. The zero-order valence-electron chi connectivity index (χ0n) is 19.3. The number of benzene rings is 2. The normalized spacial score (nSPS) is 13.5. The van der Waals surface area contributed by atoms with Gasteiger partial charge in [-0.2, -0.15) is 0 Å². The predicted molar refractivity (Wildman–Crippen MR) is 130 cm³/mol. The number of nitrogens with one attached hydrogen (secondary N) is 1. The van der Waals surface area contributed by atoms with E-state index in [9.17, 15) is 23.8 Å². The van der Waals surface area contributed by atoms with E-state index >= 15 is 0 Å². The Kier molecular flexibility index (Phi) is 7.48. The summed E-state index contributed by atoms with van der Waals surface area (Å²) in [5.74, 6) is -2.24. The number of phenolic OH excluding ortho intramolecular Hbond substituents is 2. The Morgan fingerprint density at radius 2 is 1.81 bits per heavy atom. The zero-order chi connectivity index (χ0) is 25.8. The summed E-state index contributed by atoms with van der Waals surface area (Å²) in [5.41, 5.74) is 1.07. The number of amides is 1. The van der Waals surface area contributed by atoms with E-state index in [0.717, 1.165) is 0 Å². The SMILES string of the molecule is COC(=S)NCc1cn(-c2cc(F)c(N3CCN(C(=O)Cc4ccc(O)c(O)c4)CC3)c(F)c2)nn1. The van der Waals surface area contributed by atoms with Gasteiger partial charge in [0, 0.05) is 38.3 Å². The number of hydrogen-bond acceptors (Lipinski definition) is 8. The van der Waals surface area contributed by atoms with Crippen LogP contribution >= 0.6 is 12.2 Å². The van der Waals surface area contributed by atoms with E-state index in [1.165, 1.54) is 42.3 Å². The molecule has 0 aliphatic carbocycles. The van der Waals surface area contributed by atoms with Crippen molar-refractivity contribution in [1.29, 1.82) is 0 Å². The van der Waals surface area contributed by atoms with Crippen molar-refractivity contribution in [3.05, 3.63) is 59.4 Å². The fourth-order valence-corrected chi connectivity index (χ4v) is 3.94. The van der Waals surface area contributed by atoms with Crippen molar-refractivity contribution in [3.63, 3.8) is 0 Å². The highest BCUT2D eigenvalue weighted by molar-refractivity contribution is 7.80. The van der Waals surface area contributed by atoms with Crippen LogP contribution in [0.4, 0.5) is 14.5 Å². The molecule has 3 N–H and O–H groups in total. The number of methoxy groups -OCH3 is 1. The predicted octanol–water partition coefficient (Wildman–Crippen LogP) is 1.87. The molecule has 0 spiro atoms. The van der Waals surface area contributed by atoms with Gasteiger partial charge in [0.1, 0.15) is 11.4 Å². The molecule has 2 aromatic carbocycles. The second-order valence-corrected chi connectivity index (χ2v) is 8.50. The Morgan fingerprint density at radius 3 is 2.44 bits per heavy atom. The van der Waals surface area contributed by atoms with E-state index in [1.54, 1.807) is 15.9 Å². The maximum atomic E-state index is 15.0. The largest absolute Gasteiger partial charge is 0.504 e. The van der Waals surface area contributed by atoms with Crippen LogP contribution in [0.3, 0.4) is 0 Å². The summed E-state index contributed by atoms with van der Waals surface area (Å²) in [7, 11) is 1.43. The molecule has 0 radical (unpaired) electrons. The van der Waals surface area contributed by atoms with Crippen LogP contribution < -0.4 is 10.2 Å². The average Bonchev–Trinajstić information content (AvgIpc) is 3.34. The van der Waals surface area contributed by atoms with Gasteiger partial charge in [0.05, 0.1) is 32.0 Å². The lowest BCUT2D eigenvalue weighted by atomic mass is 10.1. The molecule has 10 nitrogen and oxygen atoms in total. The molecule has 1 aliphatic heterocycles. The van der Waals surface area contributed by atoms with E-state index < -0.39 is 11.6 Å². The second kappa shape index (κ2) is 10.7. The fraction of sp³-hybridized carbons (Fsp3) is 0.304. The van der Waals surface area contributed by atoms with Crippen LogP contribution in [0.15, 0.2) is 36.5 Å². The minimum absolute atomic E-state index is 0.0396. The quantitative estimate of drug-likeness (QED) is 0.332. The number of halogens is 2. The Labute approximate surface area is 210 Å². The first-order valence-corrected chi connectivity index (χ1v) is 11.4. The van der Waals surface area contributed by atoms with Crippen LogP contribution in [0.25, 0.3) is 5.69 Å². The van der Waals surface area contributed by atoms with Gasteiger partial charge in [0.2, 0.25) is 5.91 Å². The van der Waals surface area contributed by atoms with Crippen molar-refractivity contribution in [3.8, 4) is 17.2 Å². The molecule has 0 unspecified atom stereocenters. The Morgan fingerprint density at radius 1 is 1.11 bits per heavy atom. The van der Waals surface area contributed by atoms with Gasteiger partial charge in [-0.25, -0.2) is 13.5 Å². The number of rotatable bonds is 6. The molecule has 190 valence electrons. The number of aromatic hydroxyl groups is 2. The number of ether oxygens (including phenoxy) is 1. The lowest BCUT2D eigenvalue weighted by molar-refractivity contribution is -0.130. The summed E-state index contributed by atoms with van der Waals surface area (Å²) >= 11 is 4.89. The van der Waals surface area contributed by atoms with Crippen molar-refractivity contribution >= 4 is 29.0 Å². The van der Waals surface area contributed by atoms with E-state index in [1.807, 2.05) is 0 Å². The van der Waals surface area contributed by atoms with Crippen LogP contribution in [-0.4, -0.2) is 74.5 Å². The van der Waals surface area contributed by atoms with Crippen LogP contribution in [0.1, 0.15) is 11.3 Å². The van der Waals surface area contributed by atoms with E-state index in [-0.39, 0.29) is 73.1 Å². The average molecular weight is 519 g/mol. The minimum atomic E-state index is -0.750. The maximum Gasteiger partial charge on any atom is 0.256 e. The van der Waals surface area contributed by atoms with Crippen molar-refractivity contribution in [2.45, 2.75) is 13.0 Å². The van der Waals surface area contributed by atoms with Crippen molar-refractivity contribution in [2.24, 2.45) is 0 Å². The standard InChI is InChI=1S/C23H24F2N6O4S/c1-35-23(36)26-12-15-13-31(28-27-15)16-10-17(24)22(18(25)11-16)30-6-4-29(5-7-30)21(34)9-14-2-3-19(32)20(33)8-14/h2-3,8,10-11,13,32-33H,4-7,9,12H2,1H3,(H,26,36). The summed E-state index contributed by atoms with van der Waals surface area (Å²) in [6.07, 6.45) is 1.56. The molecular weight excluding hydrogens is 494 g/mol. The molecule has 1 aromatic heterocycles.